The lowest BCUT2D eigenvalue weighted by atomic mass is 9.47. The summed E-state index contributed by atoms with van der Waals surface area (Å²) in [6, 6.07) is -0.728. The van der Waals surface area contributed by atoms with Crippen LogP contribution in [0.1, 0.15) is 118 Å². The van der Waals surface area contributed by atoms with Crippen molar-refractivity contribution in [2.75, 3.05) is 6.54 Å². The molecule has 0 aromatic carbocycles. The summed E-state index contributed by atoms with van der Waals surface area (Å²) < 4.78 is 5.82. The first-order chi connectivity index (χ1) is 18.5. The number of nitrogens with two attached hydrogens (primary N) is 2. The monoisotopic (exact) mass is 543 g/mol. The normalized spacial score (nSPS) is 37.2. The lowest BCUT2D eigenvalue weighted by Gasteiger charge is -2.58. The summed E-state index contributed by atoms with van der Waals surface area (Å²) in [4.78, 5) is 24.3. The van der Waals surface area contributed by atoms with Gasteiger partial charge in [-0.2, -0.15) is 0 Å². The van der Waals surface area contributed by atoms with E-state index in [-0.39, 0.29) is 11.5 Å². The van der Waals surface area contributed by atoms with Gasteiger partial charge in [0.1, 0.15) is 12.1 Å². The average Bonchev–Trinajstić information content (AvgIpc) is 3.23. The van der Waals surface area contributed by atoms with Crippen LogP contribution in [-0.4, -0.2) is 30.7 Å². The van der Waals surface area contributed by atoms with Crippen molar-refractivity contribution in [2.45, 2.75) is 130 Å². The standard InChI is InChI=1S/C33H57N3O3/c1-21(2)8-6-9-22(3)26-13-14-27-25-12-11-23-20-24(39-31(38)36-29(30(35)37)10-7-19-34)15-17-32(23,4)28(25)16-18-33(26,27)5/h11,21-22,24-29H,6-10,12-20,34H2,1-5H3,(H2,35,37)(H,36,38)/t22-,24+,25?,26-,27?,28?,29?,32+,33-/m1/s1. The van der Waals surface area contributed by atoms with E-state index < -0.39 is 18.0 Å². The van der Waals surface area contributed by atoms with Crippen molar-refractivity contribution in [3.05, 3.63) is 11.6 Å². The second kappa shape index (κ2) is 12.5. The minimum Gasteiger partial charge on any atom is -0.446 e. The summed E-state index contributed by atoms with van der Waals surface area (Å²) in [5.41, 5.74) is 13.3. The molecule has 4 aliphatic rings. The number of nitrogens with one attached hydrogen (secondary N) is 1. The molecule has 0 saturated heterocycles. The molecule has 0 aromatic heterocycles. The van der Waals surface area contributed by atoms with Crippen LogP contribution in [0, 0.1) is 46.3 Å². The molecule has 0 aromatic rings. The van der Waals surface area contributed by atoms with E-state index in [1.807, 2.05) is 0 Å². The van der Waals surface area contributed by atoms with Gasteiger partial charge in [-0.3, -0.25) is 4.79 Å². The summed E-state index contributed by atoms with van der Waals surface area (Å²) >= 11 is 0. The molecule has 6 nitrogen and oxygen atoms in total. The largest absolute Gasteiger partial charge is 0.446 e. The van der Waals surface area contributed by atoms with Gasteiger partial charge in [-0.25, -0.2) is 4.79 Å². The molecule has 3 fully saturated rings. The molecule has 0 aliphatic heterocycles. The third-order valence-corrected chi connectivity index (χ3v) is 11.9. The second-order valence-corrected chi connectivity index (χ2v) is 14.6. The molecule has 0 radical (unpaired) electrons. The summed E-state index contributed by atoms with van der Waals surface area (Å²) in [5.74, 6) is 4.38. The van der Waals surface area contributed by atoms with Gasteiger partial charge in [-0.05, 0) is 111 Å². The van der Waals surface area contributed by atoms with Gasteiger partial charge in [0.15, 0.2) is 0 Å². The SMILES string of the molecule is CC(C)CCC[C@@H](C)[C@H]1CCC2C3CC=C4C[C@@H](OC(=O)NC(CCCN)C(N)=O)CC[C@]4(C)C3CC[C@@]21C. The molecule has 39 heavy (non-hydrogen) atoms. The van der Waals surface area contributed by atoms with Gasteiger partial charge >= 0.3 is 6.09 Å². The number of ether oxygens (including phenoxy) is 1. The third-order valence-electron chi connectivity index (χ3n) is 11.9. The van der Waals surface area contributed by atoms with E-state index in [1.165, 1.54) is 56.9 Å². The number of allylic oxidation sites excluding steroid dienone is 1. The molecule has 0 bridgehead atoms. The maximum atomic E-state index is 12.6. The number of alkyl carbamates (subject to hydrolysis) is 1. The molecule has 0 spiro atoms. The molecule has 222 valence electrons. The van der Waals surface area contributed by atoms with Gasteiger partial charge in [0.2, 0.25) is 5.91 Å². The van der Waals surface area contributed by atoms with Crippen molar-refractivity contribution in [2.24, 2.45) is 57.8 Å². The minimum atomic E-state index is -0.728. The third kappa shape index (κ3) is 6.36. The fourth-order valence-electron chi connectivity index (χ4n) is 9.69. The highest BCUT2D eigenvalue weighted by Crippen LogP contribution is 2.67. The van der Waals surface area contributed by atoms with Gasteiger partial charge in [0.05, 0.1) is 0 Å². The lowest BCUT2D eigenvalue weighted by molar-refractivity contribution is -0.120. The van der Waals surface area contributed by atoms with E-state index in [0.717, 1.165) is 54.8 Å². The molecular weight excluding hydrogens is 486 g/mol. The Labute approximate surface area is 237 Å². The zero-order valence-corrected chi connectivity index (χ0v) is 25.5. The van der Waals surface area contributed by atoms with Crippen LogP contribution < -0.4 is 16.8 Å². The number of amides is 2. The van der Waals surface area contributed by atoms with E-state index >= 15 is 0 Å². The Morgan fingerprint density at radius 3 is 2.49 bits per heavy atom. The predicted octanol–water partition coefficient (Wildman–Crippen LogP) is 6.72. The van der Waals surface area contributed by atoms with E-state index in [0.29, 0.717) is 24.8 Å². The zero-order valence-electron chi connectivity index (χ0n) is 25.5. The summed E-state index contributed by atoms with van der Waals surface area (Å²) in [5, 5.41) is 2.68. The van der Waals surface area contributed by atoms with Gasteiger partial charge in [0.25, 0.3) is 0 Å². The van der Waals surface area contributed by atoms with Crippen molar-refractivity contribution in [3.8, 4) is 0 Å². The van der Waals surface area contributed by atoms with Gasteiger partial charge in [0, 0.05) is 6.42 Å². The molecule has 4 unspecified atom stereocenters. The van der Waals surface area contributed by atoms with Crippen molar-refractivity contribution in [3.63, 3.8) is 0 Å². The Balaban J connectivity index is 1.37. The van der Waals surface area contributed by atoms with E-state index in [4.69, 9.17) is 16.2 Å². The molecule has 4 aliphatic carbocycles. The average molecular weight is 544 g/mol. The summed E-state index contributed by atoms with van der Waals surface area (Å²) in [7, 11) is 0. The first-order valence-electron chi connectivity index (χ1n) is 16.2. The number of carbonyl (C=O) groups excluding carboxylic acids is 2. The summed E-state index contributed by atoms with van der Waals surface area (Å²) in [6.45, 7) is 12.9. The lowest BCUT2D eigenvalue weighted by Crippen LogP contribution is -2.51. The van der Waals surface area contributed by atoms with Crippen molar-refractivity contribution >= 4 is 12.0 Å². The smallest absolute Gasteiger partial charge is 0.408 e. The zero-order chi connectivity index (χ0) is 28.4. The number of hydrogen-bond donors (Lipinski definition) is 3. The second-order valence-electron chi connectivity index (χ2n) is 14.6. The molecule has 2 amide bonds. The van der Waals surface area contributed by atoms with Crippen LogP contribution in [0.2, 0.25) is 0 Å². The van der Waals surface area contributed by atoms with Crippen LogP contribution in [0.15, 0.2) is 11.6 Å². The maximum absolute atomic E-state index is 12.6. The van der Waals surface area contributed by atoms with Crippen molar-refractivity contribution in [1.29, 1.82) is 0 Å². The van der Waals surface area contributed by atoms with Crippen LogP contribution >= 0.6 is 0 Å². The predicted molar refractivity (Wildman–Crippen MR) is 158 cm³/mol. The highest BCUT2D eigenvalue weighted by atomic mass is 16.6. The first-order valence-corrected chi connectivity index (χ1v) is 16.2. The maximum Gasteiger partial charge on any atom is 0.408 e. The Morgan fingerprint density at radius 2 is 1.79 bits per heavy atom. The van der Waals surface area contributed by atoms with Crippen LogP contribution in [0.25, 0.3) is 0 Å². The first kappa shape index (κ1) is 30.4. The van der Waals surface area contributed by atoms with Crippen molar-refractivity contribution in [1.82, 2.24) is 5.32 Å². The molecule has 4 rings (SSSR count). The molecule has 9 atom stereocenters. The van der Waals surface area contributed by atoms with Crippen LogP contribution in [-0.2, 0) is 9.53 Å². The quantitative estimate of drug-likeness (QED) is 0.252. The van der Waals surface area contributed by atoms with Crippen LogP contribution in [0.3, 0.4) is 0 Å². The Morgan fingerprint density at radius 1 is 1.03 bits per heavy atom. The Hall–Kier alpha value is -1.56. The molecule has 0 heterocycles. The number of hydrogen-bond acceptors (Lipinski definition) is 4. The molecular formula is C33H57N3O3. The molecule has 5 N–H and O–H groups in total. The number of fused-ring (bicyclic) bond motifs is 5. The van der Waals surface area contributed by atoms with Crippen LogP contribution in [0.4, 0.5) is 4.79 Å². The summed E-state index contributed by atoms with van der Waals surface area (Å²) in [6.07, 6.45) is 16.6. The van der Waals surface area contributed by atoms with E-state index in [1.54, 1.807) is 0 Å². The van der Waals surface area contributed by atoms with E-state index in [9.17, 15) is 9.59 Å². The number of rotatable bonds is 11. The Bertz CT molecular complexity index is 903. The van der Waals surface area contributed by atoms with E-state index in [2.05, 4.69) is 46.0 Å². The minimum absolute atomic E-state index is 0.139. The van der Waals surface area contributed by atoms with Gasteiger partial charge in [-0.1, -0.05) is 65.5 Å². The number of carbonyl (C=O) groups is 2. The fourth-order valence-corrected chi connectivity index (χ4v) is 9.69. The number of primary amides is 1. The van der Waals surface area contributed by atoms with Crippen LogP contribution in [0.5, 0.6) is 0 Å². The highest BCUT2D eigenvalue weighted by molar-refractivity contribution is 5.84. The topological polar surface area (TPSA) is 107 Å². The van der Waals surface area contributed by atoms with Gasteiger partial charge < -0.3 is 21.5 Å². The van der Waals surface area contributed by atoms with Gasteiger partial charge in [-0.15, -0.1) is 0 Å². The molecule has 6 heteroatoms. The molecule has 3 saturated carbocycles. The Kier molecular flexibility index (Phi) is 9.77. The fraction of sp³-hybridized carbons (Fsp3) is 0.879. The highest BCUT2D eigenvalue weighted by Gasteiger charge is 2.59. The van der Waals surface area contributed by atoms with Crippen molar-refractivity contribution < 1.29 is 14.3 Å².